The van der Waals surface area contributed by atoms with E-state index in [0.717, 1.165) is 12.5 Å². The highest BCUT2D eigenvalue weighted by Gasteiger charge is 2.20. The van der Waals surface area contributed by atoms with Crippen LogP contribution in [0.5, 0.6) is 0 Å². The molecule has 1 fully saturated rings. The van der Waals surface area contributed by atoms with Gasteiger partial charge in [0.1, 0.15) is 0 Å². The second-order valence-corrected chi connectivity index (χ2v) is 6.97. The third kappa shape index (κ3) is 6.51. The standard InChI is InChI=1S/C19H34N2O/c1-22-14-7-5-3-2-4-6-9-17-10-8-11-18-15-20-21-16-19(18)13-12-17/h15-18,21H,2-14H2,1H3. The van der Waals surface area contributed by atoms with E-state index in [9.17, 15) is 0 Å². The van der Waals surface area contributed by atoms with Crippen molar-refractivity contribution in [3.63, 3.8) is 0 Å². The van der Waals surface area contributed by atoms with Crippen LogP contribution in [0, 0.1) is 11.8 Å². The van der Waals surface area contributed by atoms with Crippen LogP contribution in [-0.2, 0) is 4.74 Å². The first-order chi connectivity index (χ1) is 10.9. The Labute approximate surface area is 136 Å². The van der Waals surface area contributed by atoms with Crippen molar-refractivity contribution < 1.29 is 4.74 Å². The highest BCUT2D eigenvalue weighted by molar-refractivity contribution is 5.66. The Morgan fingerprint density at radius 2 is 1.91 bits per heavy atom. The van der Waals surface area contributed by atoms with Crippen molar-refractivity contribution in [2.75, 3.05) is 13.7 Å². The summed E-state index contributed by atoms with van der Waals surface area (Å²) >= 11 is 0. The van der Waals surface area contributed by atoms with Crippen LogP contribution in [0.3, 0.4) is 0 Å². The van der Waals surface area contributed by atoms with Crippen molar-refractivity contribution in [2.45, 2.75) is 77.0 Å². The number of nitrogens with one attached hydrogen (secondary N) is 1. The highest BCUT2D eigenvalue weighted by Crippen LogP contribution is 2.32. The third-order valence-electron chi connectivity index (χ3n) is 5.23. The molecule has 1 saturated carbocycles. The average molecular weight is 306 g/mol. The van der Waals surface area contributed by atoms with E-state index in [-0.39, 0.29) is 0 Å². The SMILES string of the molecule is COCCCCCCCCC1CCCC2C=NNC=C2CC1. The molecule has 0 aromatic heterocycles. The van der Waals surface area contributed by atoms with Gasteiger partial charge in [-0.1, -0.05) is 51.4 Å². The Balaban J connectivity index is 1.54. The van der Waals surface area contributed by atoms with Crippen LogP contribution in [-0.4, -0.2) is 19.9 Å². The van der Waals surface area contributed by atoms with E-state index in [1.165, 1.54) is 77.0 Å². The van der Waals surface area contributed by atoms with Gasteiger partial charge >= 0.3 is 0 Å². The van der Waals surface area contributed by atoms with Gasteiger partial charge in [-0.3, -0.25) is 5.43 Å². The molecular weight excluding hydrogens is 272 g/mol. The van der Waals surface area contributed by atoms with Crippen LogP contribution in [0.4, 0.5) is 0 Å². The van der Waals surface area contributed by atoms with E-state index < -0.39 is 0 Å². The first kappa shape index (κ1) is 17.5. The fraction of sp³-hybridized carbons (Fsp3) is 0.842. The van der Waals surface area contributed by atoms with Crippen LogP contribution in [0.25, 0.3) is 0 Å². The van der Waals surface area contributed by atoms with E-state index in [2.05, 4.69) is 22.9 Å². The molecule has 1 aliphatic carbocycles. The predicted molar refractivity (Wildman–Crippen MR) is 94.0 cm³/mol. The van der Waals surface area contributed by atoms with Gasteiger partial charge in [0.25, 0.3) is 0 Å². The molecule has 0 aromatic rings. The normalized spacial score (nSPS) is 24.9. The van der Waals surface area contributed by atoms with Crippen LogP contribution >= 0.6 is 0 Å². The van der Waals surface area contributed by atoms with Gasteiger partial charge < -0.3 is 4.74 Å². The molecule has 0 bridgehead atoms. The molecule has 0 amide bonds. The lowest BCUT2D eigenvalue weighted by atomic mass is 9.81. The summed E-state index contributed by atoms with van der Waals surface area (Å²) in [5.41, 5.74) is 4.61. The topological polar surface area (TPSA) is 33.6 Å². The van der Waals surface area contributed by atoms with Crippen molar-refractivity contribution in [2.24, 2.45) is 16.9 Å². The quantitative estimate of drug-likeness (QED) is 0.606. The smallest absolute Gasteiger partial charge is 0.0462 e. The second kappa shape index (κ2) is 10.8. The van der Waals surface area contributed by atoms with E-state index in [4.69, 9.17) is 4.74 Å². The molecule has 0 radical (unpaired) electrons. The zero-order valence-electron chi connectivity index (χ0n) is 14.4. The minimum atomic E-state index is 0.620. The summed E-state index contributed by atoms with van der Waals surface area (Å²) < 4.78 is 5.09. The van der Waals surface area contributed by atoms with Crippen molar-refractivity contribution in [3.8, 4) is 0 Å². The van der Waals surface area contributed by atoms with Crippen molar-refractivity contribution in [1.29, 1.82) is 0 Å². The highest BCUT2D eigenvalue weighted by atomic mass is 16.5. The summed E-state index contributed by atoms with van der Waals surface area (Å²) in [6, 6.07) is 0. The minimum Gasteiger partial charge on any atom is -0.385 e. The summed E-state index contributed by atoms with van der Waals surface area (Å²) in [4.78, 5) is 0. The average Bonchev–Trinajstić information content (AvgIpc) is 2.52. The number of rotatable bonds is 9. The summed E-state index contributed by atoms with van der Waals surface area (Å²) in [5.74, 6) is 1.57. The Morgan fingerprint density at radius 3 is 2.77 bits per heavy atom. The maximum Gasteiger partial charge on any atom is 0.0462 e. The lowest BCUT2D eigenvalue weighted by Crippen LogP contribution is -2.19. The molecule has 0 aromatic carbocycles. The summed E-state index contributed by atoms with van der Waals surface area (Å²) in [6.45, 7) is 0.929. The zero-order chi connectivity index (χ0) is 15.5. The predicted octanol–water partition coefficient (Wildman–Crippen LogP) is 5.03. The van der Waals surface area contributed by atoms with Gasteiger partial charge in [0, 0.05) is 32.0 Å². The number of allylic oxidation sites excluding steroid dienone is 1. The number of nitrogens with zero attached hydrogens (tertiary/aromatic N) is 1. The summed E-state index contributed by atoms with van der Waals surface area (Å²) in [6.07, 6.45) is 20.6. The maximum atomic E-state index is 5.09. The molecule has 2 unspecified atom stereocenters. The monoisotopic (exact) mass is 306 g/mol. The van der Waals surface area contributed by atoms with Gasteiger partial charge in [0.2, 0.25) is 0 Å². The van der Waals surface area contributed by atoms with Crippen molar-refractivity contribution >= 4 is 6.21 Å². The number of hydrazone groups is 1. The molecule has 126 valence electrons. The van der Waals surface area contributed by atoms with E-state index >= 15 is 0 Å². The van der Waals surface area contributed by atoms with Crippen molar-refractivity contribution in [3.05, 3.63) is 11.8 Å². The molecule has 22 heavy (non-hydrogen) atoms. The molecule has 2 aliphatic rings. The number of ether oxygens (including phenoxy) is 1. The number of fused-ring (bicyclic) bond motifs is 1. The third-order valence-corrected chi connectivity index (χ3v) is 5.23. The molecule has 0 saturated heterocycles. The molecule has 1 heterocycles. The van der Waals surface area contributed by atoms with E-state index in [1.807, 2.05) is 0 Å². The lowest BCUT2D eigenvalue weighted by Gasteiger charge is -2.26. The first-order valence-corrected chi connectivity index (χ1v) is 9.36. The fourth-order valence-electron chi connectivity index (χ4n) is 3.79. The van der Waals surface area contributed by atoms with Crippen molar-refractivity contribution in [1.82, 2.24) is 5.43 Å². The number of unbranched alkanes of at least 4 members (excludes halogenated alkanes) is 5. The van der Waals surface area contributed by atoms with E-state index in [0.29, 0.717) is 5.92 Å². The van der Waals surface area contributed by atoms with Gasteiger partial charge in [-0.25, -0.2) is 0 Å². The molecule has 1 aliphatic heterocycles. The van der Waals surface area contributed by atoms with Crippen LogP contribution in [0.1, 0.15) is 77.0 Å². The van der Waals surface area contributed by atoms with Gasteiger partial charge in [0.15, 0.2) is 0 Å². The fourth-order valence-corrected chi connectivity index (χ4v) is 3.79. The van der Waals surface area contributed by atoms with E-state index in [1.54, 1.807) is 12.7 Å². The Bertz CT molecular complexity index is 351. The molecular formula is C19H34N2O. The van der Waals surface area contributed by atoms with Gasteiger partial charge in [-0.2, -0.15) is 5.10 Å². The Kier molecular flexibility index (Phi) is 8.62. The molecule has 2 atom stereocenters. The lowest BCUT2D eigenvalue weighted by molar-refractivity contribution is 0.192. The number of hydrogen-bond donors (Lipinski definition) is 1. The largest absolute Gasteiger partial charge is 0.385 e. The molecule has 2 rings (SSSR count). The summed E-state index contributed by atoms with van der Waals surface area (Å²) in [5, 5.41) is 4.19. The minimum absolute atomic E-state index is 0.620. The zero-order valence-corrected chi connectivity index (χ0v) is 14.4. The van der Waals surface area contributed by atoms with Gasteiger partial charge in [0.05, 0.1) is 0 Å². The summed E-state index contributed by atoms with van der Waals surface area (Å²) in [7, 11) is 1.80. The second-order valence-electron chi connectivity index (χ2n) is 6.97. The van der Waals surface area contributed by atoms with Gasteiger partial charge in [-0.05, 0) is 37.2 Å². The Morgan fingerprint density at radius 1 is 1.09 bits per heavy atom. The van der Waals surface area contributed by atoms with Crippen LogP contribution < -0.4 is 5.43 Å². The molecule has 3 nitrogen and oxygen atoms in total. The Hall–Kier alpha value is -0.830. The molecule has 0 spiro atoms. The van der Waals surface area contributed by atoms with Crippen LogP contribution in [0.2, 0.25) is 0 Å². The molecule has 1 N–H and O–H groups in total. The number of hydrogen-bond acceptors (Lipinski definition) is 3. The van der Waals surface area contributed by atoms with Gasteiger partial charge in [-0.15, -0.1) is 0 Å². The maximum absolute atomic E-state index is 5.09. The number of methoxy groups -OCH3 is 1. The van der Waals surface area contributed by atoms with Crippen LogP contribution in [0.15, 0.2) is 16.9 Å². The first-order valence-electron chi connectivity index (χ1n) is 9.36. The molecule has 3 heteroatoms.